The van der Waals surface area contributed by atoms with Crippen molar-refractivity contribution in [2.45, 2.75) is 6.61 Å². The van der Waals surface area contributed by atoms with Crippen molar-refractivity contribution in [1.82, 2.24) is 5.32 Å². The lowest BCUT2D eigenvalue weighted by Crippen LogP contribution is -2.30. The predicted octanol–water partition coefficient (Wildman–Crippen LogP) is 1.96. The number of hydrogen-bond acceptors (Lipinski definition) is 4. The van der Waals surface area contributed by atoms with Gasteiger partial charge in [-0.2, -0.15) is 0 Å². The Labute approximate surface area is 106 Å². The number of carbonyl (C=O) groups is 1. The third-order valence-corrected chi connectivity index (χ3v) is 1.85. The van der Waals surface area contributed by atoms with E-state index in [-0.39, 0.29) is 31.5 Å². The fraction of sp³-hybridized carbons (Fsp3) is 0.273. The molecule has 0 aliphatic rings. The van der Waals surface area contributed by atoms with Crippen molar-refractivity contribution in [2.75, 3.05) is 13.7 Å². The van der Waals surface area contributed by atoms with Crippen molar-refractivity contribution in [3.8, 4) is 0 Å². The molecule has 0 aliphatic carbocycles. The molecule has 94 valence electrons. The molecule has 0 saturated heterocycles. The fourth-order valence-electron chi connectivity index (χ4n) is 0.999. The number of hydrogen-bond donors (Lipinski definition) is 2. The van der Waals surface area contributed by atoms with Gasteiger partial charge in [-0.15, -0.1) is 12.4 Å². The molecule has 0 aliphatic heterocycles. The standard InChI is InChI=1S/C11H14N2O3.ClH/c1-15-10(12)7-13-11(14)16-8-9-5-3-2-4-6-9;/h2-6,12H,7-8H2,1H3,(H,13,14);1H. The van der Waals surface area contributed by atoms with Crippen LogP contribution in [0.1, 0.15) is 5.56 Å². The summed E-state index contributed by atoms with van der Waals surface area (Å²) in [6.07, 6.45) is -0.564. The van der Waals surface area contributed by atoms with Gasteiger partial charge >= 0.3 is 6.09 Å². The monoisotopic (exact) mass is 258 g/mol. The van der Waals surface area contributed by atoms with E-state index in [1.54, 1.807) is 0 Å². The molecule has 0 fully saturated rings. The van der Waals surface area contributed by atoms with Crippen LogP contribution in [0.15, 0.2) is 30.3 Å². The number of amides is 1. The molecule has 5 nitrogen and oxygen atoms in total. The Bertz CT molecular complexity index is 357. The molecule has 1 rings (SSSR count). The minimum atomic E-state index is -0.564. The van der Waals surface area contributed by atoms with Gasteiger partial charge in [0.1, 0.15) is 6.61 Å². The highest BCUT2D eigenvalue weighted by atomic mass is 35.5. The predicted molar refractivity (Wildman–Crippen MR) is 66.6 cm³/mol. The lowest BCUT2D eigenvalue weighted by atomic mass is 10.2. The molecule has 0 saturated carbocycles. The summed E-state index contributed by atoms with van der Waals surface area (Å²) >= 11 is 0. The number of nitrogens with one attached hydrogen (secondary N) is 2. The van der Waals surface area contributed by atoms with Crippen LogP contribution in [0, 0.1) is 5.41 Å². The molecule has 17 heavy (non-hydrogen) atoms. The number of halogens is 1. The molecule has 0 heterocycles. The zero-order valence-corrected chi connectivity index (χ0v) is 10.3. The first-order chi connectivity index (χ1) is 7.72. The van der Waals surface area contributed by atoms with E-state index in [1.807, 2.05) is 30.3 Å². The van der Waals surface area contributed by atoms with Gasteiger partial charge in [0.15, 0.2) is 5.90 Å². The van der Waals surface area contributed by atoms with Gasteiger partial charge in [0, 0.05) is 0 Å². The summed E-state index contributed by atoms with van der Waals surface area (Å²) in [7, 11) is 1.37. The SMILES string of the molecule is COC(=N)CNC(=O)OCc1ccccc1.Cl. The van der Waals surface area contributed by atoms with Crippen molar-refractivity contribution in [1.29, 1.82) is 5.41 Å². The van der Waals surface area contributed by atoms with Crippen LogP contribution < -0.4 is 5.32 Å². The Morgan fingerprint density at radius 3 is 2.59 bits per heavy atom. The third-order valence-electron chi connectivity index (χ3n) is 1.85. The van der Waals surface area contributed by atoms with Gasteiger partial charge in [-0.3, -0.25) is 5.41 Å². The van der Waals surface area contributed by atoms with Crippen LogP contribution in [0.3, 0.4) is 0 Å². The van der Waals surface area contributed by atoms with E-state index in [0.717, 1.165) is 5.56 Å². The molecule has 0 radical (unpaired) electrons. The van der Waals surface area contributed by atoms with E-state index in [2.05, 4.69) is 10.1 Å². The van der Waals surface area contributed by atoms with Crippen molar-refractivity contribution in [3.63, 3.8) is 0 Å². The molecule has 0 unspecified atom stereocenters. The molecule has 0 aromatic heterocycles. The van der Waals surface area contributed by atoms with Crippen molar-refractivity contribution >= 4 is 24.4 Å². The number of alkyl carbamates (subject to hydrolysis) is 1. The molecule has 6 heteroatoms. The summed E-state index contributed by atoms with van der Waals surface area (Å²) < 4.78 is 9.50. The highest BCUT2D eigenvalue weighted by Gasteiger charge is 2.03. The van der Waals surface area contributed by atoms with E-state index in [9.17, 15) is 4.79 Å². The summed E-state index contributed by atoms with van der Waals surface area (Å²) in [5.41, 5.74) is 0.916. The average Bonchev–Trinajstić information content (AvgIpc) is 2.34. The minimum absolute atomic E-state index is 0. The molecular weight excluding hydrogens is 244 g/mol. The first kappa shape index (κ1) is 15.2. The normalized spacial score (nSPS) is 8.76. The smallest absolute Gasteiger partial charge is 0.407 e. The second kappa shape index (κ2) is 8.41. The fourth-order valence-corrected chi connectivity index (χ4v) is 0.999. The highest BCUT2D eigenvalue weighted by molar-refractivity contribution is 5.85. The number of carbonyl (C=O) groups excluding carboxylic acids is 1. The molecule has 1 aromatic carbocycles. The van der Waals surface area contributed by atoms with Crippen LogP contribution in [-0.2, 0) is 16.1 Å². The maximum Gasteiger partial charge on any atom is 0.407 e. The molecule has 0 atom stereocenters. The topological polar surface area (TPSA) is 71.4 Å². The minimum Gasteiger partial charge on any atom is -0.483 e. The highest BCUT2D eigenvalue weighted by Crippen LogP contribution is 2.00. The van der Waals surface area contributed by atoms with Crippen LogP contribution in [0.5, 0.6) is 0 Å². The van der Waals surface area contributed by atoms with E-state index < -0.39 is 6.09 Å². The van der Waals surface area contributed by atoms with Crippen molar-refractivity contribution in [3.05, 3.63) is 35.9 Å². The first-order valence-corrected chi connectivity index (χ1v) is 4.78. The van der Waals surface area contributed by atoms with E-state index in [1.165, 1.54) is 7.11 Å². The number of benzene rings is 1. The van der Waals surface area contributed by atoms with Gasteiger partial charge in [0.2, 0.25) is 0 Å². The van der Waals surface area contributed by atoms with Crippen LogP contribution in [0.4, 0.5) is 4.79 Å². The van der Waals surface area contributed by atoms with Gasteiger partial charge < -0.3 is 14.8 Å². The number of ether oxygens (including phenoxy) is 2. The lowest BCUT2D eigenvalue weighted by molar-refractivity contribution is 0.140. The largest absolute Gasteiger partial charge is 0.483 e. The Kier molecular flexibility index (Phi) is 7.54. The van der Waals surface area contributed by atoms with Gasteiger partial charge in [-0.05, 0) is 5.56 Å². The molecule has 1 amide bonds. The Morgan fingerprint density at radius 1 is 1.35 bits per heavy atom. The van der Waals surface area contributed by atoms with Crippen LogP contribution in [-0.4, -0.2) is 25.6 Å². The Morgan fingerprint density at radius 2 is 2.00 bits per heavy atom. The average molecular weight is 259 g/mol. The molecule has 1 aromatic rings. The van der Waals surface area contributed by atoms with Crippen LogP contribution >= 0.6 is 12.4 Å². The van der Waals surface area contributed by atoms with Crippen LogP contribution in [0.25, 0.3) is 0 Å². The van der Waals surface area contributed by atoms with Gasteiger partial charge in [-0.1, -0.05) is 30.3 Å². The zero-order valence-electron chi connectivity index (χ0n) is 9.43. The van der Waals surface area contributed by atoms with Crippen molar-refractivity contribution in [2.24, 2.45) is 0 Å². The maximum atomic E-state index is 11.2. The maximum absolute atomic E-state index is 11.2. The van der Waals surface area contributed by atoms with E-state index in [0.29, 0.717) is 0 Å². The first-order valence-electron chi connectivity index (χ1n) is 4.78. The van der Waals surface area contributed by atoms with Gasteiger partial charge in [0.05, 0.1) is 13.7 Å². The Hall–Kier alpha value is -1.75. The molecule has 2 N–H and O–H groups in total. The summed E-state index contributed by atoms with van der Waals surface area (Å²) in [4.78, 5) is 11.2. The van der Waals surface area contributed by atoms with E-state index >= 15 is 0 Å². The van der Waals surface area contributed by atoms with Crippen LogP contribution in [0.2, 0.25) is 0 Å². The summed E-state index contributed by atoms with van der Waals surface area (Å²) in [5, 5.41) is 9.53. The summed E-state index contributed by atoms with van der Waals surface area (Å²) in [5.74, 6) is -0.0170. The van der Waals surface area contributed by atoms with Gasteiger partial charge in [0.25, 0.3) is 0 Å². The summed E-state index contributed by atoms with van der Waals surface area (Å²) in [6.45, 7) is 0.247. The Balaban J connectivity index is 0.00000256. The third kappa shape index (κ3) is 6.42. The lowest BCUT2D eigenvalue weighted by Gasteiger charge is -2.06. The zero-order chi connectivity index (χ0) is 11.8. The van der Waals surface area contributed by atoms with Crippen molar-refractivity contribution < 1.29 is 14.3 Å². The number of rotatable bonds is 4. The second-order valence-corrected chi connectivity index (χ2v) is 3.04. The molecule has 0 bridgehead atoms. The number of methoxy groups -OCH3 is 1. The molecular formula is C11H15ClN2O3. The summed E-state index contributed by atoms with van der Waals surface area (Å²) in [6, 6.07) is 9.37. The van der Waals surface area contributed by atoms with E-state index in [4.69, 9.17) is 10.1 Å². The second-order valence-electron chi connectivity index (χ2n) is 3.04. The quantitative estimate of drug-likeness (QED) is 0.641. The van der Waals surface area contributed by atoms with Gasteiger partial charge in [-0.25, -0.2) is 4.79 Å². The molecule has 0 spiro atoms.